The third-order valence-electron chi connectivity index (χ3n) is 1.95. The molecule has 0 aliphatic rings. The Morgan fingerprint density at radius 3 is 2.53 bits per heavy atom. The molecule has 1 amide bonds. The van der Waals surface area contributed by atoms with Crippen molar-refractivity contribution in [2.75, 3.05) is 6.54 Å². The average molecular weight is 255 g/mol. The Labute approximate surface area is 105 Å². The number of ketones is 1. The fraction of sp³-hybridized carbons (Fsp3) is 0.500. The number of aryl methyl sites for hydroxylation is 1. The first kappa shape index (κ1) is 13.7. The lowest BCUT2D eigenvalue weighted by atomic mass is 10.2. The van der Waals surface area contributed by atoms with Crippen LogP contribution >= 0.6 is 11.3 Å². The molecule has 1 aromatic heterocycles. The van der Waals surface area contributed by atoms with Crippen molar-refractivity contribution in [3.63, 3.8) is 0 Å². The van der Waals surface area contributed by atoms with E-state index in [-0.39, 0.29) is 12.3 Å². The van der Waals surface area contributed by atoms with Crippen molar-refractivity contribution in [3.8, 4) is 0 Å². The van der Waals surface area contributed by atoms with Gasteiger partial charge in [0.15, 0.2) is 5.78 Å². The lowest BCUT2D eigenvalue weighted by molar-refractivity contribution is 0.0520. The van der Waals surface area contributed by atoms with Crippen LogP contribution in [-0.2, 0) is 4.74 Å². The van der Waals surface area contributed by atoms with Crippen LogP contribution in [0.5, 0.6) is 0 Å². The van der Waals surface area contributed by atoms with Crippen molar-refractivity contribution in [1.82, 2.24) is 5.32 Å². The van der Waals surface area contributed by atoms with Crippen LogP contribution in [0, 0.1) is 6.92 Å². The lowest BCUT2D eigenvalue weighted by Crippen LogP contribution is -2.35. The van der Waals surface area contributed by atoms with Crippen LogP contribution in [0.25, 0.3) is 0 Å². The van der Waals surface area contributed by atoms with Gasteiger partial charge in [-0.3, -0.25) is 4.79 Å². The predicted molar refractivity (Wildman–Crippen MR) is 67.6 cm³/mol. The molecule has 1 N–H and O–H groups in total. The molecule has 0 aliphatic carbocycles. The number of Topliss-reactive ketones (excluding diaryl/α,β-unsaturated/α-hetero) is 1. The van der Waals surface area contributed by atoms with Crippen LogP contribution in [0.1, 0.15) is 36.0 Å². The number of ether oxygens (including phenoxy) is 1. The van der Waals surface area contributed by atoms with Crippen LogP contribution in [0.2, 0.25) is 0 Å². The van der Waals surface area contributed by atoms with Gasteiger partial charge in [-0.15, -0.1) is 11.3 Å². The number of alkyl carbamates (subject to hydrolysis) is 1. The lowest BCUT2D eigenvalue weighted by Gasteiger charge is -2.19. The minimum atomic E-state index is -0.571. The molecule has 0 bridgehead atoms. The van der Waals surface area contributed by atoms with Crippen LogP contribution in [0.3, 0.4) is 0 Å². The molecule has 94 valence electrons. The summed E-state index contributed by atoms with van der Waals surface area (Å²) in [7, 11) is 0. The molecule has 0 aromatic carbocycles. The van der Waals surface area contributed by atoms with Crippen molar-refractivity contribution in [2.24, 2.45) is 0 Å². The third kappa shape index (κ3) is 4.56. The molecule has 0 fully saturated rings. The first-order valence-electron chi connectivity index (χ1n) is 5.34. The summed E-state index contributed by atoms with van der Waals surface area (Å²) < 4.78 is 5.04. The summed E-state index contributed by atoms with van der Waals surface area (Å²) in [5.74, 6) is -0.102. The van der Waals surface area contributed by atoms with Gasteiger partial charge in [0, 0.05) is 10.4 Å². The predicted octanol–water partition coefficient (Wildman–Crippen LogP) is 2.76. The highest BCUT2D eigenvalue weighted by Crippen LogP contribution is 2.15. The Kier molecular flexibility index (Phi) is 4.28. The third-order valence-corrected chi connectivity index (χ3v) is 2.80. The van der Waals surface area contributed by atoms with Crippen LogP contribution in [0.15, 0.2) is 11.4 Å². The van der Waals surface area contributed by atoms with Crippen molar-refractivity contribution >= 4 is 23.2 Å². The monoisotopic (exact) mass is 255 g/mol. The Morgan fingerprint density at radius 1 is 1.41 bits per heavy atom. The van der Waals surface area contributed by atoms with E-state index in [0.717, 1.165) is 4.88 Å². The van der Waals surface area contributed by atoms with Crippen molar-refractivity contribution in [2.45, 2.75) is 33.3 Å². The summed E-state index contributed by atoms with van der Waals surface area (Å²) in [6.07, 6.45) is -0.571. The van der Waals surface area contributed by atoms with E-state index >= 15 is 0 Å². The van der Waals surface area contributed by atoms with E-state index in [1.807, 2.05) is 12.3 Å². The molecule has 1 rings (SSSR count). The minimum Gasteiger partial charge on any atom is -0.444 e. The summed E-state index contributed by atoms with van der Waals surface area (Å²) in [6, 6.07) is 1.76. The SMILES string of the molecule is Cc1sccc1C(=O)CNC(=O)OC(C)(C)C. The van der Waals surface area contributed by atoms with Gasteiger partial charge in [0.1, 0.15) is 5.60 Å². The molecule has 0 saturated heterocycles. The molecule has 1 heterocycles. The molecule has 0 unspecified atom stereocenters. The highest BCUT2D eigenvalue weighted by atomic mass is 32.1. The smallest absolute Gasteiger partial charge is 0.408 e. The molecule has 17 heavy (non-hydrogen) atoms. The fourth-order valence-electron chi connectivity index (χ4n) is 1.24. The number of nitrogens with one attached hydrogen (secondary N) is 1. The van der Waals surface area contributed by atoms with E-state index in [1.165, 1.54) is 11.3 Å². The Hall–Kier alpha value is -1.36. The number of carbonyl (C=O) groups is 2. The van der Waals surface area contributed by atoms with Gasteiger partial charge in [0.2, 0.25) is 0 Å². The summed E-state index contributed by atoms with van der Waals surface area (Å²) in [5.41, 5.74) is 0.108. The van der Waals surface area contributed by atoms with Crippen molar-refractivity contribution in [1.29, 1.82) is 0 Å². The fourth-order valence-corrected chi connectivity index (χ4v) is 1.95. The summed E-state index contributed by atoms with van der Waals surface area (Å²) in [6.45, 7) is 7.17. The molecule has 0 spiro atoms. The van der Waals surface area contributed by atoms with Crippen LogP contribution in [-0.4, -0.2) is 24.0 Å². The topological polar surface area (TPSA) is 55.4 Å². The molecule has 1 aromatic rings. The molecule has 0 saturated carbocycles. The molecule has 0 atom stereocenters. The average Bonchev–Trinajstić information content (AvgIpc) is 2.58. The molecule has 4 nitrogen and oxygen atoms in total. The number of rotatable bonds is 3. The standard InChI is InChI=1S/C12H17NO3S/c1-8-9(5-6-17-8)10(14)7-13-11(15)16-12(2,3)4/h5-6H,7H2,1-4H3,(H,13,15). The van der Waals surface area contributed by atoms with Gasteiger partial charge in [-0.2, -0.15) is 0 Å². The summed E-state index contributed by atoms with van der Waals surface area (Å²) in [5, 5.41) is 4.31. The van der Waals surface area contributed by atoms with Gasteiger partial charge < -0.3 is 10.1 Å². The molecule has 5 heteroatoms. The number of hydrogen-bond donors (Lipinski definition) is 1. The Balaban J connectivity index is 2.45. The van der Waals surface area contributed by atoms with Gasteiger partial charge in [-0.05, 0) is 39.1 Å². The van der Waals surface area contributed by atoms with Crippen LogP contribution < -0.4 is 5.32 Å². The van der Waals surface area contributed by atoms with E-state index in [4.69, 9.17) is 4.74 Å². The first-order valence-corrected chi connectivity index (χ1v) is 6.22. The van der Waals surface area contributed by atoms with Crippen molar-refractivity contribution < 1.29 is 14.3 Å². The zero-order chi connectivity index (χ0) is 13.1. The second-order valence-electron chi connectivity index (χ2n) is 4.67. The van der Waals surface area contributed by atoms with Gasteiger partial charge in [0.05, 0.1) is 6.54 Å². The summed E-state index contributed by atoms with van der Waals surface area (Å²) >= 11 is 1.51. The highest BCUT2D eigenvalue weighted by molar-refractivity contribution is 7.10. The van der Waals surface area contributed by atoms with Crippen molar-refractivity contribution in [3.05, 3.63) is 21.9 Å². The second-order valence-corrected chi connectivity index (χ2v) is 5.79. The second kappa shape index (κ2) is 5.31. The normalized spacial score (nSPS) is 11.1. The van der Waals surface area contributed by atoms with Crippen LogP contribution in [0.4, 0.5) is 4.79 Å². The molecular formula is C12H17NO3S. The van der Waals surface area contributed by atoms with E-state index in [0.29, 0.717) is 5.56 Å². The zero-order valence-electron chi connectivity index (χ0n) is 10.5. The number of hydrogen-bond acceptors (Lipinski definition) is 4. The number of thiophene rings is 1. The van der Waals surface area contributed by atoms with Gasteiger partial charge in [-0.25, -0.2) is 4.79 Å². The number of amides is 1. The molecule has 0 aliphatic heterocycles. The van der Waals surface area contributed by atoms with Gasteiger partial charge in [0.25, 0.3) is 0 Å². The van der Waals surface area contributed by atoms with E-state index < -0.39 is 11.7 Å². The van der Waals surface area contributed by atoms with E-state index in [9.17, 15) is 9.59 Å². The van der Waals surface area contributed by atoms with E-state index in [2.05, 4.69) is 5.32 Å². The number of carbonyl (C=O) groups excluding carboxylic acids is 2. The van der Waals surface area contributed by atoms with E-state index in [1.54, 1.807) is 26.8 Å². The first-order chi connectivity index (χ1) is 7.79. The van der Waals surface area contributed by atoms with Gasteiger partial charge in [-0.1, -0.05) is 0 Å². The molecular weight excluding hydrogens is 238 g/mol. The maximum absolute atomic E-state index is 11.7. The summed E-state index contributed by atoms with van der Waals surface area (Å²) in [4.78, 5) is 24.0. The van der Waals surface area contributed by atoms with Gasteiger partial charge >= 0.3 is 6.09 Å². The minimum absolute atomic E-state index is 0.0352. The highest BCUT2D eigenvalue weighted by Gasteiger charge is 2.17. The quantitative estimate of drug-likeness (QED) is 0.845. The molecule has 0 radical (unpaired) electrons. The Morgan fingerprint density at radius 2 is 2.06 bits per heavy atom. The maximum atomic E-state index is 11.7. The largest absolute Gasteiger partial charge is 0.444 e. The Bertz CT molecular complexity index is 418. The maximum Gasteiger partial charge on any atom is 0.408 e. The zero-order valence-corrected chi connectivity index (χ0v) is 11.3.